The number of urea groups is 1. The number of aliphatic hydroxyl groups excluding tert-OH is 1. The molecule has 1 heterocycles. The summed E-state index contributed by atoms with van der Waals surface area (Å²) in [7, 11) is 0. The minimum Gasteiger partial charge on any atom is -0.396 e. The Labute approximate surface area is 98.9 Å². The Morgan fingerprint density at radius 2 is 2.25 bits per heavy atom. The molecule has 1 aromatic rings. The second-order valence-corrected chi connectivity index (χ2v) is 4.88. The van der Waals surface area contributed by atoms with Crippen molar-refractivity contribution in [1.82, 2.24) is 10.3 Å². The molecule has 0 spiro atoms. The van der Waals surface area contributed by atoms with Crippen LogP contribution in [0.25, 0.3) is 0 Å². The molecule has 0 aromatic carbocycles. The van der Waals surface area contributed by atoms with E-state index in [1.54, 1.807) is 0 Å². The molecule has 0 fully saturated rings. The minimum absolute atomic E-state index is 0.0489. The van der Waals surface area contributed by atoms with E-state index in [0.29, 0.717) is 11.6 Å². The summed E-state index contributed by atoms with van der Waals surface area (Å²) in [6.45, 7) is 5.78. The van der Waals surface area contributed by atoms with Gasteiger partial charge in [-0.05, 0) is 27.2 Å². The topological polar surface area (TPSA) is 74.2 Å². The number of carbonyl (C=O) groups is 1. The van der Waals surface area contributed by atoms with E-state index < -0.39 is 0 Å². The zero-order valence-corrected chi connectivity index (χ0v) is 10.5. The van der Waals surface area contributed by atoms with Gasteiger partial charge in [-0.2, -0.15) is 0 Å². The minimum atomic E-state index is -0.283. The highest BCUT2D eigenvalue weighted by atomic mass is 32.1. The first-order valence-corrected chi connectivity index (χ1v) is 5.97. The second-order valence-electron chi connectivity index (χ2n) is 3.67. The predicted molar refractivity (Wildman–Crippen MR) is 64.9 cm³/mol. The number of nitrogens with zero attached hydrogens (tertiary/aromatic N) is 1. The average Bonchev–Trinajstić information content (AvgIpc) is 2.45. The van der Waals surface area contributed by atoms with E-state index in [1.165, 1.54) is 11.3 Å². The molecule has 1 rings (SSSR count). The lowest BCUT2D eigenvalue weighted by Gasteiger charge is -2.11. The summed E-state index contributed by atoms with van der Waals surface area (Å²) in [5.41, 5.74) is 0.934. The number of aromatic nitrogens is 1. The molecule has 0 aliphatic heterocycles. The normalized spacial score (nSPS) is 12.2. The quantitative estimate of drug-likeness (QED) is 0.752. The molecule has 3 N–H and O–H groups in total. The molecule has 6 heteroatoms. The average molecular weight is 243 g/mol. The number of amides is 2. The first-order valence-electron chi connectivity index (χ1n) is 5.15. The number of aliphatic hydroxyl groups is 1. The Hall–Kier alpha value is -1.14. The van der Waals surface area contributed by atoms with Crippen LogP contribution in [0.2, 0.25) is 0 Å². The fourth-order valence-electron chi connectivity index (χ4n) is 1.15. The van der Waals surface area contributed by atoms with E-state index in [9.17, 15) is 4.79 Å². The Kier molecular flexibility index (Phi) is 4.70. The summed E-state index contributed by atoms with van der Waals surface area (Å²) < 4.78 is 0. The number of carbonyl (C=O) groups excluding carboxylic acids is 1. The molecule has 0 saturated carbocycles. The molecule has 0 aliphatic carbocycles. The van der Waals surface area contributed by atoms with Crippen molar-refractivity contribution in [2.45, 2.75) is 33.2 Å². The smallest absolute Gasteiger partial charge is 0.321 e. The van der Waals surface area contributed by atoms with Crippen LogP contribution in [0.1, 0.15) is 23.9 Å². The van der Waals surface area contributed by atoms with Crippen LogP contribution in [0.3, 0.4) is 0 Å². The van der Waals surface area contributed by atoms with Gasteiger partial charge in [0, 0.05) is 17.5 Å². The summed E-state index contributed by atoms with van der Waals surface area (Å²) in [4.78, 5) is 16.8. The fourth-order valence-corrected chi connectivity index (χ4v) is 1.96. The third-order valence-corrected chi connectivity index (χ3v) is 3.18. The van der Waals surface area contributed by atoms with Crippen LogP contribution in [-0.2, 0) is 0 Å². The molecule has 0 bridgehead atoms. The summed E-state index contributed by atoms with van der Waals surface area (Å²) in [5.74, 6) is 0. The first kappa shape index (κ1) is 12.9. The van der Waals surface area contributed by atoms with Gasteiger partial charge in [0.25, 0.3) is 0 Å². The van der Waals surface area contributed by atoms with Crippen LogP contribution in [0.5, 0.6) is 0 Å². The van der Waals surface area contributed by atoms with Gasteiger partial charge < -0.3 is 10.4 Å². The van der Waals surface area contributed by atoms with Gasteiger partial charge in [0.1, 0.15) is 0 Å². The predicted octanol–water partition coefficient (Wildman–Crippen LogP) is 1.65. The van der Waals surface area contributed by atoms with E-state index in [0.717, 1.165) is 10.6 Å². The molecule has 5 nitrogen and oxygen atoms in total. The van der Waals surface area contributed by atoms with E-state index in [4.69, 9.17) is 5.11 Å². The van der Waals surface area contributed by atoms with E-state index in [-0.39, 0.29) is 18.7 Å². The lowest BCUT2D eigenvalue weighted by atomic mass is 10.2. The molecule has 0 aliphatic rings. The molecule has 0 radical (unpaired) electrons. The van der Waals surface area contributed by atoms with Crippen molar-refractivity contribution < 1.29 is 9.90 Å². The lowest BCUT2D eigenvalue weighted by Crippen LogP contribution is -2.36. The van der Waals surface area contributed by atoms with Gasteiger partial charge in [0.15, 0.2) is 5.13 Å². The first-order chi connectivity index (χ1) is 7.52. The molecule has 1 aromatic heterocycles. The summed E-state index contributed by atoms with van der Waals surface area (Å²) in [6.07, 6.45) is 0.545. The standard InChI is InChI=1S/C10H17N3O2S/c1-6(4-5-14)11-9(15)13-10-12-7(2)8(3)16-10/h6,14H,4-5H2,1-3H3,(H2,11,12,13,15)/t6-/m0/s1. The highest BCUT2D eigenvalue weighted by molar-refractivity contribution is 7.15. The molecule has 0 saturated heterocycles. The molecule has 16 heavy (non-hydrogen) atoms. The summed E-state index contributed by atoms with van der Waals surface area (Å²) in [5, 5.41) is 14.7. The Morgan fingerprint density at radius 1 is 1.56 bits per heavy atom. The van der Waals surface area contributed by atoms with Gasteiger partial charge in [0.2, 0.25) is 0 Å². The number of hydrogen-bond acceptors (Lipinski definition) is 4. The maximum atomic E-state index is 11.5. The lowest BCUT2D eigenvalue weighted by molar-refractivity contribution is 0.241. The maximum absolute atomic E-state index is 11.5. The van der Waals surface area contributed by atoms with Crippen molar-refractivity contribution in [3.63, 3.8) is 0 Å². The van der Waals surface area contributed by atoms with Gasteiger partial charge in [-0.3, -0.25) is 5.32 Å². The van der Waals surface area contributed by atoms with Crippen LogP contribution in [-0.4, -0.2) is 28.8 Å². The number of thiazole rings is 1. The van der Waals surface area contributed by atoms with E-state index in [1.807, 2.05) is 20.8 Å². The van der Waals surface area contributed by atoms with E-state index >= 15 is 0 Å². The van der Waals surface area contributed by atoms with Crippen LogP contribution in [0, 0.1) is 13.8 Å². The molecule has 90 valence electrons. The van der Waals surface area contributed by atoms with Crippen molar-refractivity contribution in [3.05, 3.63) is 10.6 Å². The number of nitrogens with one attached hydrogen (secondary N) is 2. The Balaban J connectivity index is 2.45. The fraction of sp³-hybridized carbons (Fsp3) is 0.600. The van der Waals surface area contributed by atoms with Crippen molar-refractivity contribution in [2.75, 3.05) is 11.9 Å². The second kappa shape index (κ2) is 5.81. The van der Waals surface area contributed by atoms with Gasteiger partial charge >= 0.3 is 6.03 Å². The number of aryl methyl sites for hydroxylation is 2. The van der Waals surface area contributed by atoms with E-state index in [2.05, 4.69) is 15.6 Å². The zero-order chi connectivity index (χ0) is 12.1. The highest BCUT2D eigenvalue weighted by Gasteiger charge is 2.09. The number of rotatable bonds is 4. The summed E-state index contributed by atoms with van der Waals surface area (Å²) >= 11 is 1.45. The Morgan fingerprint density at radius 3 is 2.75 bits per heavy atom. The zero-order valence-electron chi connectivity index (χ0n) is 9.70. The largest absolute Gasteiger partial charge is 0.396 e. The SMILES string of the molecule is Cc1nc(NC(=O)N[C@@H](C)CCO)sc1C. The number of anilines is 1. The van der Waals surface area contributed by atoms with Crippen molar-refractivity contribution in [1.29, 1.82) is 0 Å². The van der Waals surface area contributed by atoms with Gasteiger partial charge in [-0.15, -0.1) is 11.3 Å². The van der Waals surface area contributed by atoms with Gasteiger partial charge in [-0.25, -0.2) is 9.78 Å². The van der Waals surface area contributed by atoms with Gasteiger partial charge in [-0.1, -0.05) is 0 Å². The Bertz CT molecular complexity index is 345. The molecular weight excluding hydrogens is 226 g/mol. The maximum Gasteiger partial charge on any atom is 0.321 e. The van der Waals surface area contributed by atoms with Crippen LogP contribution >= 0.6 is 11.3 Å². The van der Waals surface area contributed by atoms with Crippen molar-refractivity contribution in [2.24, 2.45) is 0 Å². The number of hydrogen-bond donors (Lipinski definition) is 3. The molecule has 2 amide bonds. The third-order valence-electron chi connectivity index (χ3n) is 2.19. The summed E-state index contributed by atoms with van der Waals surface area (Å²) in [6, 6.07) is -0.332. The molecule has 1 atom stereocenters. The van der Waals surface area contributed by atoms with Crippen LogP contribution < -0.4 is 10.6 Å². The van der Waals surface area contributed by atoms with Crippen LogP contribution in [0.15, 0.2) is 0 Å². The van der Waals surface area contributed by atoms with Crippen LogP contribution in [0.4, 0.5) is 9.93 Å². The third kappa shape index (κ3) is 3.79. The van der Waals surface area contributed by atoms with Crippen molar-refractivity contribution >= 4 is 22.5 Å². The highest BCUT2D eigenvalue weighted by Crippen LogP contribution is 2.20. The van der Waals surface area contributed by atoms with Crippen molar-refractivity contribution in [3.8, 4) is 0 Å². The monoisotopic (exact) mass is 243 g/mol. The van der Waals surface area contributed by atoms with Gasteiger partial charge in [0.05, 0.1) is 5.69 Å². The molecule has 0 unspecified atom stereocenters. The molecular formula is C10H17N3O2S.